The lowest BCUT2D eigenvalue weighted by molar-refractivity contribution is 0.565. The van der Waals surface area contributed by atoms with Crippen molar-refractivity contribution in [3.8, 4) is 0 Å². The Labute approximate surface area is 80.9 Å². The van der Waals surface area contributed by atoms with Crippen LogP contribution in [0.2, 0.25) is 0 Å². The topological polar surface area (TPSA) is 26.0 Å². The van der Waals surface area contributed by atoms with Crippen LogP contribution in [0.5, 0.6) is 0 Å². The Hall–Kier alpha value is 0.0500. The van der Waals surface area contributed by atoms with E-state index in [1.807, 2.05) is 0 Å². The summed E-state index contributed by atoms with van der Waals surface area (Å²) in [5.74, 6) is 1.29. The molecule has 0 aliphatic rings. The van der Waals surface area contributed by atoms with E-state index in [1.165, 1.54) is 28.8 Å². The molecule has 0 spiro atoms. The van der Waals surface area contributed by atoms with Gasteiger partial charge in [-0.3, -0.25) is 5.14 Å². The Morgan fingerprint density at radius 3 is 2.08 bits per heavy atom. The lowest BCUT2D eigenvalue weighted by Gasteiger charge is -2.20. The smallest absolute Gasteiger partial charge is 0.00327 e. The van der Waals surface area contributed by atoms with Crippen LogP contribution in [-0.4, -0.2) is 0 Å². The van der Waals surface area contributed by atoms with Crippen molar-refractivity contribution >= 4 is 11.9 Å². The molecular weight excluding hydrogens is 166 g/mol. The quantitative estimate of drug-likeness (QED) is 0.681. The Morgan fingerprint density at radius 2 is 1.83 bits per heavy atom. The van der Waals surface area contributed by atoms with Crippen LogP contribution in [0.15, 0.2) is 10.5 Å². The van der Waals surface area contributed by atoms with Gasteiger partial charge in [-0.1, -0.05) is 45.2 Å². The minimum atomic E-state index is 0.621. The normalized spacial score (nSPS) is 16.2. The molecule has 2 N–H and O–H groups in total. The first-order chi connectivity index (χ1) is 5.54. The van der Waals surface area contributed by atoms with E-state index >= 15 is 0 Å². The molecule has 0 saturated carbocycles. The molecule has 0 fully saturated rings. The van der Waals surface area contributed by atoms with Crippen LogP contribution in [0.4, 0.5) is 0 Å². The zero-order valence-electron chi connectivity index (χ0n) is 8.85. The zero-order valence-corrected chi connectivity index (χ0v) is 9.66. The van der Waals surface area contributed by atoms with Gasteiger partial charge < -0.3 is 0 Å². The van der Waals surface area contributed by atoms with Crippen LogP contribution in [0.3, 0.4) is 0 Å². The molecule has 0 rings (SSSR count). The fourth-order valence-corrected chi connectivity index (χ4v) is 2.18. The summed E-state index contributed by atoms with van der Waals surface area (Å²) < 4.78 is 0. The fourth-order valence-electron chi connectivity index (χ4n) is 1.61. The molecule has 0 aromatic heterocycles. The Kier molecular flexibility index (Phi) is 5.68. The second-order valence-corrected chi connectivity index (χ2v) is 4.44. The van der Waals surface area contributed by atoms with Gasteiger partial charge in [0.05, 0.1) is 0 Å². The first kappa shape index (κ1) is 12.0. The van der Waals surface area contributed by atoms with Gasteiger partial charge in [-0.15, -0.1) is 0 Å². The van der Waals surface area contributed by atoms with E-state index in [-0.39, 0.29) is 0 Å². The summed E-state index contributed by atoms with van der Waals surface area (Å²) in [5, 5.41) is 5.56. The number of rotatable bonds is 4. The molecule has 0 heterocycles. The molecule has 0 bridgehead atoms. The fraction of sp³-hybridized carbons (Fsp3) is 0.800. The maximum absolute atomic E-state index is 5.56. The molecule has 1 nitrogen and oxygen atoms in total. The molecule has 0 aromatic carbocycles. The second-order valence-electron chi connectivity index (χ2n) is 3.59. The highest BCUT2D eigenvalue weighted by Gasteiger charge is 2.13. The maximum atomic E-state index is 5.56. The number of allylic oxidation sites excluding steroid dienone is 2. The van der Waals surface area contributed by atoms with Crippen LogP contribution in [-0.2, 0) is 0 Å². The van der Waals surface area contributed by atoms with E-state index in [4.69, 9.17) is 5.14 Å². The van der Waals surface area contributed by atoms with E-state index in [0.29, 0.717) is 11.8 Å². The van der Waals surface area contributed by atoms with Crippen LogP contribution in [0, 0.1) is 11.8 Å². The number of nitrogens with two attached hydrogens (primary N) is 1. The van der Waals surface area contributed by atoms with Crippen LogP contribution >= 0.6 is 11.9 Å². The van der Waals surface area contributed by atoms with Crippen molar-refractivity contribution in [1.82, 2.24) is 0 Å². The monoisotopic (exact) mass is 187 g/mol. The molecule has 0 amide bonds. The highest BCUT2D eigenvalue weighted by atomic mass is 32.2. The van der Waals surface area contributed by atoms with Crippen LogP contribution in [0.25, 0.3) is 0 Å². The van der Waals surface area contributed by atoms with E-state index in [9.17, 15) is 0 Å². The highest BCUT2D eigenvalue weighted by Crippen LogP contribution is 2.29. The minimum Gasteiger partial charge on any atom is -0.274 e. The minimum absolute atomic E-state index is 0.621. The van der Waals surface area contributed by atoms with Gasteiger partial charge >= 0.3 is 0 Å². The Morgan fingerprint density at radius 1 is 1.33 bits per heavy atom. The van der Waals surface area contributed by atoms with Gasteiger partial charge in [0.1, 0.15) is 0 Å². The average Bonchev–Trinajstić information content (AvgIpc) is 2.03. The third-order valence-electron chi connectivity index (χ3n) is 2.35. The summed E-state index contributed by atoms with van der Waals surface area (Å²) >= 11 is 1.38. The Balaban J connectivity index is 4.65. The Bertz CT molecular complexity index is 161. The van der Waals surface area contributed by atoms with Crippen molar-refractivity contribution in [3.63, 3.8) is 0 Å². The van der Waals surface area contributed by atoms with E-state index in [2.05, 4.69) is 34.6 Å². The van der Waals surface area contributed by atoms with Gasteiger partial charge in [-0.25, -0.2) is 0 Å². The van der Waals surface area contributed by atoms with Gasteiger partial charge in [0, 0.05) is 0 Å². The van der Waals surface area contributed by atoms with Crippen LogP contribution in [0.1, 0.15) is 41.0 Å². The summed E-state index contributed by atoms with van der Waals surface area (Å²) in [6.07, 6.45) is 1.20. The summed E-state index contributed by atoms with van der Waals surface area (Å²) in [6, 6.07) is 0. The van der Waals surface area contributed by atoms with Gasteiger partial charge in [0.25, 0.3) is 0 Å². The molecule has 1 unspecified atom stereocenters. The van der Waals surface area contributed by atoms with Gasteiger partial charge in [-0.2, -0.15) is 0 Å². The molecule has 1 atom stereocenters. The predicted molar refractivity (Wildman–Crippen MR) is 58.8 cm³/mol. The van der Waals surface area contributed by atoms with E-state index < -0.39 is 0 Å². The molecule has 0 saturated heterocycles. The predicted octanol–water partition coefficient (Wildman–Crippen LogP) is 3.57. The lowest BCUT2D eigenvalue weighted by Crippen LogP contribution is -2.07. The van der Waals surface area contributed by atoms with E-state index in [1.54, 1.807) is 0 Å². The summed E-state index contributed by atoms with van der Waals surface area (Å²) in [5.41, 5.74) is 1.52. The van der Waals surface area contributed by atoms with Crippen molar-refractivity contribution in [2.24, 2.45) is 17.0 Å². The molecular formula is C10H21NS. The molecule has 0 aliphatic carbocycles. The summed E-state index contributed by atoms with van der Waals surface area (Å²) in [7, 11) is 0. The molecule has 0 aliphatic heterocycles. The molecule has 0 aromatic rings. The third kappa shape index (κ3) is 3.20. The number of hydrogen-bond donors (Lipinski definition) is 1. The lowest BCUT2D eigenvalue weighted by atomic mass is 9.89. The second kappa shape index (κ2) is 5.65. The summed E-state index contributed by atoms with van der Waals surface area (Å²) in [6.45, 7) is 11.1. The van der Waals surface area contributed by atoms with Gasteiger partial charge in [0.15, 0.2) is 0 Å². The van der Waals surface area contributed by atoms with Gasteiger partial charge in [-0.05, 0) is 30.1 Å². The van der Waals surface area contributed by atoms with Crippen molar-refractivity contribution < 1.29 is 0 Å². The van der Waals surface area contributed by atoms with Crippen LogP contribution < -0.4 is 5.14 Å². The first-order valence-electron chi connectivity index (χ1n) is 4.61. The summed E-state index contributed by atoms with van der Waals surface area (Å²) in [4.78, 5) is 1.29. The van der Waals surface area contributed by atoms with Crippen molar-refractivity contribution in [3.05, 3.63) is 10.5 Å². The molecule has 2 heteroatoms. The third-order valence-corrected chi connectivity index (χ3v) is 2.94. The zero-order chi connectivity index (χ0) is 9.72. The average molecular weight is 187 g/mol. The SMILES string of the molecule is CCC(C)/C(=C(/C)SN)C(C)C. The molecule has 72 valence electrons. The van der Waals surface area contributed by atoms with Gasteiger partial charge in [0.2, 0.25) is 0 Å². The largest absolute Gasteiger partial charge is 0.274 e. The highest BCUT2D eigenvalue weighted by molar-refractivity contribution is 8.00. The van der Waals surface area contributed by atoms with Crippen molar-refractivity contribution in [2.45, 2.75) is 41.0 Å². The first-order valence-corrected chi connectivity index (χ1v) is 5.49. The molecule has 0 radical (unpaired) electrons. The standard InChI is InChI=1S/C10H21NS/c1-6-8(4)10(7(2)3)9(5)12-11/h7-8H,6,11H2,1-5H3/b10-9-. The number of hydrogen-bond acceptors (Lipinski definition) is 2. The molecule has 12 heavy (non-hydrogen) atoms. The van der Waals surface area contributed by atoms with E-state index in [0.717, 1.165) is 0 Å². The maximum Gasteiger partial charge on any atom is -0.00327 e. The van der Waals surface area contributed by atoms with Crippen molar-refractivity contribution in [2.75, 3.05) is 0 Å². The van der Waals surface area contributed by atoms with Crippen molar-refractivity contribution in [1.29, 1.82) is 0 Å².